The molecule has 8 nitrogen and oxygen atoms in total. The zero-order valence-electron chi connectivity index (χ0n) is 11.1. The van der Waals surface area contributed by atoms with Gasteiger partial charge in [0.2, 0.25) is 10.0 Å². The maximum absolute atomic E-state index is 11.9. The smallest absolute Gasteiger partial charge is 0.270 e. The number of aliphatic carboxylic acids is 1. The molecule has 0 spiro atoms. The van der Waals surface area contributed by atoms with E-state index in [2.05, 4.69) is 4.72 Å². The number of carbonyl (C=O) groups excluding carboxylic acids is 1. The van der Waals surface area contributed by atoms with Crippen molar-refractivity contribution in [3.8, 4) is 0 Å². The number of carboxylic acids is 1. The van der Waals surface area contributed by atoms with E-state index in [0.717, 1.165) is 6.07 Å². The van der Waals surface area contributed by atoms with Gasteiger partial charge in [-0.2, -0.15) is 0 Å². The van der Waals surface area contributed by atoms with E-state index in [1.54, 1.807) is 0 Å². The van der Waals surface area contributed by atoms with Crippen molar-refractivity contribution < 1.29 is 23.2 Å². The maximum atomic E-state index is 11.9. The number of unbranched alkanes of at least 4 members (excludes halogenated alkanes) is 2. The normalized spacial score (nSPS) is 11.2. The summed E-state index contributed by atoms with van der Waals surface area (Å²) in [6, 6.07) is 4.76. The van der Waals surface area contributed by atoms with Crippen LogP contribution >= 0.6 is 0 Å². The minimum absolute atomic E-state index is 0.0579. The van der Waals surface area contributed by atoms with Crippen molar-refractivity contribution >= 4 is 21.7 Å². The van der Waals surface area contributed by atoms with E-state index >= 15 is 0 Å². The highest BCUT2D eigenvalue weighted by atomic mass is 32.2. The second-order valence-electron chi connectivity index (χ2n) is 4.33. The summed E-state index contributed by atoms with van der Waals surface area (Å²) in [6.07, 6.45) is 1.38. The number of benzene rings is 1. The number of rotatable bonds is 9. The highest BCUT2D eigenvalue weighted by molar-refractivity contribution is 7.89. The molecule has 0 aliphatic heterocycles. The second kappa shape index (κ2) is 7.70. The number of nitrogens with one attached hydrogen (secondary N) is 1. The Morgan fingerprint density at radius 3 is 2.57 bits per heavy atom. The molecule has 0 saturated heterocycles. The number of nitrogens with zero attached hydrogens (tertiary/aromatic N) is 1. The predicted octanol–water partition coefficient (Wildman–Crippen LogP) is 0.183. The van der Waals surface area contributed by atoms with Crippen molar-refractivity contribution in [3.05, 3.63) is 34.4 Å². The molecule has 0 unspecified atom stereocenters. The molecule has 0 amide bonds. The Hall–Kier alpha value is -2.00. The number of carbonyl (C=O) groups is 1. The number of nitro benzene ring substituents is 1. The summed E-state index contributed by atoms with van der Waals surface area (Å²) in [7, 11) is -3.80. The van der Waals surface area contributed by atoms with Crippen LogP contribution in [0.15, 0.2) is 29.2 Å². The number of hydrogen-bond donors (Lipinski definition) is 1. The van der Waals surface area contributed by atoms with Gasteiger partial charge in [0.1, 0.15) is 0 Å². The lowest BCUT2D eigenvalue weighted by molar-refractivity contribution is -0.385. The second-order valence-corrected chi connectivity index (χ2v) is 6.10. The minimum atomic E-state index is -3.80. The van der Waals surface area contributed by atoms with Gasteiger partial charge < -0.3 is 9.90 Å². The molecule has 1 N–H and O–H groups in total. The average Bonchev–Trinajstić information content (AvgIpc) is 2.42. The average molecular weight is 315 g/mol. The largest absolute Gasteiger partial charge is 0.550 e. The van der Waals surface area contributed by atoms with Crippen molar-refractivity contribution in [1.82, 2.24) is 4.72 Å². The first-order chi connectivity index (χ1) is 9.83. The van der Waals surface area contributed by atoms with Crippen molar-refractivity contribution in [2.75, 3.05) is 6.54 Å². The van der Waals surface area contributed by atoms with Crippen LogP contribution in [0.2, 0.25) is 0 Å². The standard InChI is InChI=1S/C12H16N2O6S/c15-12(16)7-2-1-3-8-13-21(19,20)11-6-4-5-10(9-11)14(17)18/h4-6,9,13H,1-3,7-8H2,(H,15,16)/p-1. The van der Waals surface area contributed by atoms with Crippen molar-refractivity contribution in [2.45, 2.75) is 30.6 Å². The first kappa shape index (κ1) is 17.1. The molecule has 0 aliphatic carbocycles. The molecule has 0 heterocycles. The Kier molecular flexibility index (Phi) is 6.25. The Morgan fingerprint density at radius 1 is 1.24 bits per heavy atom. The molecule has 116 valence electrons. The fourth-order valence-electron chi connectivity index (χ4n) is 1.63. The number of carboxylic acid groups (broad SMARTS) is 1. The number of nitro groups is 1. The van der Waals surface area contributed by atoms with E-state index in [1.807, 2.05) is 0 Å². The van der Waals surface area contributed by atoms with Crippen LogP contribution in [-0.4, -0.2) is 25.9 Å². The lowest BCUT2D eigenvalue weighted by Gasteiger charge is -2.07. The summed E-state index contributed by atoms with van der Waals surface area (Å²) in [5.41, 5.74) is -0.299. The van der Waals surface area contributed by atoms with Gasteiger partial charge in [-0.3, -0.25) is 10.1 Å². The topological polar surface area (TPSA) is 129 Å². The highest BCUT2D eigenvalue weighted by Gasteiger charge is 2.16. The summed E-state index contributed by atoms with van der Waals surface area (Å²) in [5.74, 6) is -1.13. The van der Waals surface area contributed by atoms with Crippen LogP contribution in [-0.2, 0) is 14.8 Å². The van der Waals surface area contributed by atoms with E-state index in [9.17, 15) is 28.4 Å². The molecule has 0 aliphatic rings. The van der Waals surface area contributed by atoms with Gasteiger partial charge in [0.15, 0.2) is 0 Å². The highest BCUT2D eigenvalue weighted by Crippen LogP contribution is 2.17. The summed E-state index contributed by atoms with van der Waals surface area (Å²) in [5, 5.41) is 20.8. The number of sulfonamides is 1. The molecule has 1 aromatic carbocycles. The summed E-state index contributed by atoms with van der Waals surface area (Å²) in [4.78, 5) is 19.9. The van der Waals surface area contributed by atoms with Crippen molar-refractivity contribution in [3.63, 3.8) is 0 Å². The predicted molar refractivity (Wildman–Crippen MR) is 71.8 cm³/mol. The zero-order valence-corrected chi connectivity index (χ0v) is 12.0. The first-order valence-corrected chi connectivity index (χ1v) is 7.75. The Labute approximate surface area is 122 Å². The van der Waals surface area contributed by atoms with E-state index in [-0.39, 0.29) is 23.5 Å². The third-order valence-electron chi connectivity index (χ3n) is 2.69. The quantitative estimate of drug-likeness (QED) is 0.393. The van der Waals surface area contributed by atoms with Gasteiger partial charge >= 0.3 is 0 Å². The van der Waals surface area contributed by atoms with Crippen LogP contribution in [0.3, 0.4) is 0 Å². The van der Waals surface area contributed by atoms with Gasteiger partial charge in [0, 0.05) is 24.6 Å². The SMILES string of the molecule is O=C([O-])CCCCCNS(=O)(=O)c1cccc([N+](=O)[O-])c1. The van der Waals surface area contributed by atoms with Crippen LogP contribution in [0.4, 0.5) is 5.69 Å². The molecular formula is C12H15N2O6S-. The van der Waals surface area contributed by atoms with E-state index in [4.69, 9.17) is 0 Å². The Morgan fingerprint density at radius 2 is 1.95 bits per heavy atom. The van der Waals surface area contributed by atoms with Gasteiger partial charge in [-0.1, -0.05) is 12.5 Å². The molecule has 9 heteroatoms. The van der Waals surface area contributed by atoms with Gasteiger partial charge in [0.05, 0.1) is 9.82 Å². The lowest BCUT2D eigenvalue weighted by atomic mass is 10.2. The first-order valence-electron chi connectivity index (χ1n) is 6.27. The third-order valence-corrected chi connectivity index (χ3v) is 4.15. The van der Waals surface area contributed by atoms with E-state index in [1.165, 1.54) is 18.2 Å². The molecule has 0 bridgehead atoms. The van der Waals surface area contributed by atoms with Crippen LogP contribution in [0.5, 0.6) is 0 Å². The van der Waals surface area contributed by atoms with Crippen LogP contribution < -0.4 is 9.83 Å². The van der Waals surface area contributed by atoms with Crippen LogP contribution in [0.1, 0.15) is 25.7 Å². The molecule has 1 rings (SSSR count). The summed E-state index contributed by atoms with van der Waals surface area (Å²) >= 11 is 0. The fourth-order valence-corrected chi connectivity index (χ4v) is 2.74. The molecule has 0 aromatic heterocycles. The molecule has 0 saturated carbocycles. The van der Waals surface area contributed by atoms with E-state index < -0.39 is 20.9 Å². The van der Waals surface area contributed by atoms with Crippen molar-refractivity contribution in [2.24, 2.45) is 0 Å². The lowest BCUT2D eigenvalue weighted by Crippen LogP contribution is -2.25. The summed E-state index contributed by atoms with van der Waals surface area (Å²) in [6.45, 7) is 0.137. The zero-order chi connectivity index (χ0) is 15.9. The number of non-ortho nitro benzene ring substituents is 1. The molecule has 0 atom stereocenters. The molecule has 0 fully saturated rings. The van der Waals surface area contributed by atoms with Gasteiger partial charge in [-0.15, -0.1) is 0 Å². The molecular weight excluding hydrogens is 300 g/mol. The van der Waals surface area contributed by atoms with E-state index in [0.29, 0.717) is 19.3 Å². The van der Waals surface area contributed by atoms with Gasteiger partial charge in [-0.05, 0) is 25.3 Å². The monoisotopic (exact) mass is 315 g/mol. The Balaban J connectivity index is 2.52. The van der Waals surface area contributed by atoms with Crippen LogP contribution in [0, 0.1) is 10.1 Å². The van der Waals surface area contributed by atoms with Crippen molar-refractivity contribution in [1.29, 1.82) is 0 Å². The molecule has 0 radical (unpaired) electrons. The minimum Gasteiger partial charge on any atom is -0.550 e. The summed E-state index contributed by atoms with van der Waals surface area (Å²) < 4.78 is 26.1. The Bertz CT molecular complexity index is 614. The fraction of sp³-hybridized carbons (Fsp3) is 0.417. The molecule has 1 aromatic rings. The molecule has 21 heavy (non-hydrogen) atoms. The van der Waals surface area contributed by atoms with Gasteiger partial charge in [-0.25, -0.2) is 13.1 Å². The van der Waals surface area contributed by atoms with Crippen LogP contribution in [0.25, 0.3) is 0 Å². The van der Waals surface area contributed by atoms with Gasteiger partial charge in [0.25, 0.3) is 5.69 Å². The third kappa shape index (κ3) is 5.88. The maximum Gasteiger partial charge on any atom is 0.270 e. The number of hydrogen-bond acceptors (Lipinski definition) is 6.